The van der Waals surface area contributed by atoms with Crippen LogP contribution in [0.15, 0.2) is 42.5 Å². The van der Waals surface area contributed by atoms with Crippen molar-refractivity contribution in [1.82, 2.24) is 0 Å². The number of ether oxygens (including phenoxy) is 2. The van der Waals surface area contributed by atoms with Crippen molar-refractivity contribution in [3.05, 3.63) is 58.9 Å². The second-order valence-electron chi connectivity index (χ2n) is 4.02. The molecule has 0 saturated carbocycles. The number of hydrogen-bond acceptors (Lipinski definition) is 3. The molecule has 0 atom stereocenters. The summed E-state index contributed by atoms with van der Waals surface area (Å²) in [5, 5.41) is 0.0106. The Morgan fingerprint density at radius 2 is 2.00 bits per heavy atom. The summed E-state index contributed by atoms with van der Waals surface area (Å²) in [4.78, 5) is 11.9. The molecule has 0 heterocycles. The first kappa shape index (κ1) is 14.3. The van der Waals surface area contributed by atoms with Gasteiger partial charge in [-0.2, -0.15) is 0 Å². The zero-order valence-corrected chi connectivity index (χ0v) is 11.5. The van der Waals surface area contributed by atoms with E-state index in [0.29, 0.717) is 11.3 Å². The van der Waals surface area contributed by atoms with Gasteiger partial charge in [0.25, 0.3) is 0 Å². The number of ketones is 1. The van der Waals surface area contributed by atoms with Crippen LogP contribution in [0.4, 0.5) is 4.39 Å². The minimum Gasteiger partial charge on any atom is -0.497 e. The average Bonchev–Trinajstić information content (AvgIpc) is 2.48. The number of carbonyl (C=O) groups is 1. The molecule has 0 radical (unpaired) electrons. The van der Waals surface area contributed by atoms with Crippen molar-refractivity contribution >= 4 is 17.4 Å². The van der Waals surface area contributed by atoms with Crippen LogP contribution >= 0.6 is 11.6 Å². The summed E-state index contributed by atoms with van der Waals surface area (Å²) >= 11 is 5.56. The van der Waals surface area contributed by atoms with Crippen LogP contribution in [-0.2, 0) is 0 Å². The molecule has 0 aliphatic rings. The van der Waals surface area contributed by atoms with Gasteiger partial charge in [0.05, 0.1) is 12.1 Å². The highest BCUT2D eigenvalue weighted by atomic mass is 35.5. The van der Waals surface area contributed by atoms with Gasteiger partial charge in [0.2, 0.25) is 0 Å². The molecule has 0 bridgehead atoms. The lowest BCUT2D eigenvalue weighted by atomic mass is 10.1. The van der Waals surface area contributed by atoms with Gasteiger partial charge in [0.1, 0.15) is 17.3 Å². The van der Waals surface area contributed by atoms with E-state index in [-0.39, 0.29) is 23.2 Å². The molecule has 0 unspecified atom stereocenters. The Kier molecular flexibility index (Phi) is 4.58. The van der Waals surface area contributed by atoms with Gasteiger partial charge in [-0.1, -0.05) is 23.7 Å². The van der Waals surface area contributed by atoms with Crippen molar-refractivity contribution in [3.63, 3.8) is 0 Å². The van der Waals surface area contributed by atoms with Crippen LogP contribution in [0.2, 0.25) is 5.02 Å². The number of Topliss-reactive ketones (excluding diaryl/α,β-unsaturated/α-hetero) is 1. The van der Waals surface area contributed by atoms with Crippen LogP contribution in [0.3, 0.4) is 0 Å². The molecule has 3 nitrogen and oxygen atoms in total. The minimum absolute atomic E-state index is 0.0106. The van der Waals surface area contributed by atoms with Crippen LogP contribution in [-0.4, -0.2) is 19.5 Å². The van der Waals surface area contributed by atoms with Crippen LogP contribution in [0, 0.1) is 5.82 Å². The monoisotopic (exact) mass is 294 g/mol. The molecule has 0 fully saturated rings. The highest BCUT2D eigenvalue weighted by molar-refractivity contribution is 6.30. The summed E-state index contributed by atoms with van der Waals surface area (Å²) in [6.45, 7) is -0.186. The molecule has 0 N–H and O–H groups in total. The fraction of sp³-hybridized carbons (Fsp3) is 0.133. The Morgan fingerprint density at radius 1 is 1.20 bits per heavy atom. The first-order valence-corrected chi connectivity index (χ1v) is 6.23. The van der Waals surface area contributed by atoms with Gasteiger partial charge in [-0.05, 0) is 24.3 Å². The lowest BCUT2D eigenvalue weighted by Gasteiger charge is -2.07. The number of carbonyl (C=O) groups excluding carboxylic acids is 1. The molecule has 2 aromatic rings. The Hall–Kier alpha value is -2.07. The lowest BCUT2D eigenvalue weighted by molar-refractivity contribution is 0.0921. The zero-order chi connectivity index (χ0) is 14.5. The maximum Gasteiger partial charge on any atom is 0.200 e. The Morgan fingerprint density at radius 3 is 2.70 bits per heavy atom. The smallest absolute Gasteiger partial charge is 0.200 e. The highest BCUT2D eigenvalue weighted by Crippen LogP contribution is 2.20. The standard InChI is InChI=1S/C15H12ClFO3/c1-19-11-4-2-3-10(7-11)15(18)9-20-12-5-6-13(16)14(17)8-12/h2-8H,9H2,1H3. The minimum atomic E-state index is -0.585. The second-order valence-corrected chi connectivity index (χ2v) is 4.43. The van der Waals surface area contributed by atoms with Gasteiger partial charge in [-0.25, -0.2) is 4.39 Å². The van der Waals surface area contributed by atoms with Gasteiger partial charge >= 0.3 is 0 Å². The van der Waals surface area contributed by atoms with E-state index < -0.39 is 5.82 Å². The maximum absolute atomic E-state index is 13.2. The van der Waals surface area contributed by atoms with Crippen molar-refractivity contribution < 1.29 is 18.7 Å². The topological polar surface area (TPSA) is 35.5 Å². The predicted octanol–water partition coefficient (Wildman–Crippen LogP) is 3.75. The first-order chi connectivity index (χ1) is 9.60. The number of benzene rings is 2. The molecule has 0 aromatic heterocycles. The summed E-state index contributed by atoms with van der Waals surface area (Å²) < 4.78 is 23.5. The molecule has 0 saturated heterocycles. The summed E-state index contributed by atoms with van der Waals surface area (Å²) in [5.41, 5.74) is 0.471. The Labute approximate surface area is 120 Å². The number of methoxy groups -OCH3 is 1. The highest BCUT2D eigenvalue weighted by Gasteiger charge is 2.09. The summed E-state index contributed by atoms with van der Waals surface area (Å²) in [5.74, 6) is 0.0359. The maximum atomic E-state index is 13.2. The molecule has 5 heteroatoms. The van der Waals surface area contributed by atoms with Crippen LogP contribution in [0.5, 0.6) is 11.5 Å². The quantitative estimate of drug-likeness (QED) is 0.788. The Balaban J connectivity index is 2.02. The number of rotatable bonds is 5. The number of hydrogen-bond donors (Lipinski definition) is 0. The molecule has 0 spiro atoms. The van der Waals surface area contributed by atoms with E-state index in [0.717, 1.165) is 6.07 Å². The molecule has 104 valence electrons. The SMILES string of the molecule is COc1cccc(C(=O)COc2ccc(Cl)c(F)c2)c1. The van der Waals surface area contributed by atoms with Gasteiger partial charge in [0, 0.05) is 11.6 Å². The van der Waals surface area contributed by atoms with Gasteiger partial charge in [0.15, 0.2) is 12.4 Å². The Bertz CT molecular complexity index is 628. The largest absolute Gasteiger partial charge is 0.497 e. The van der Waals surface area contributed by atoms with Crippen molar-refractivity contribution in [3.8, 4) is 11.5 Å². The summed E-state index contributed by atoms with van der Waals surface area (Å²) in [7, 11) is 1.52. The molecular formula is C15H12ClFO3. The number of halogens is 2. The summed E-state index contributed by atoms with van der Waals surface area (Å²) in [6.07, 6.45) is 0. The third-order valence-electron chi connectivity index (χ3n) is 2.65. The molecule has 2 aromatic carbocycles. The van der Waals surface area contributed by atoms with Gasteiger partial charge in [-0.15, -0.1) is 0 Å². The molecular weight excluding hydrogens is 283 g/mol. The molecule has 0 amide bonds. The van der Waals surface area contributed by atoms with E-state index in [1.54, 1.807) is 24.3 Å². The first-order valence-electron chi connectivity index (χ1n) is 5.85. The van der Waals surface area contributed by atoms with E-state index >= 15 is 0 Å². The van der Waals surface area contributed by atoms with Crippen molar-refractivity contribution in [2.75, 3.05) is 13.7 Å². The fourth-order valence-electron chi connectivity index (χ4n) is 1.60. The fourth-order valence-corrected chi connectivity index (χ4v) is 1.71. The molecule has 20 heavy (non-hydrogen) atoms. The second kappa shape index (κ2) is 6.39. The van der Waals surface area contributed by atoms with E-state index in [1.165, 1.54) is 19.2 Å². The molecule has 2 rings (SSSR count). The third kappa shape index (κ3) is 3.48. The lowest BCUT2D eigenvalue weighted by Crippen LogP contribution is -2.11. The van der Waals surface area contributed by atoms with E-state index in [4.69, 9.17) is 21.1 Å². The van der Waals surface area contributed by atoms with Gasteiger partial charge < -0.3 is 9.47 Å². The normalized spacial score (nSPS) is 10.2. The van der Waals surface area contributed by atoms with E-state index in [2.05, 4.69) is 0 Å². The molecule has 0 aliphatic carbocycles. The van der Waals surface area contributed by atoms with Crippen molar-refractivity contribution in [2.45, 2.75) is 0 Å². The van der Waals surface area contributed by atoms with E-state index in [1.807, 2.05) is 0 Å². The third-order valence-corrected chi connectivity index (χ3v) is 2.96. The molecule has 0 aliphatic heterocycles. The van der Waals surface area contributed by atoms with Crippen molar-refractivity contribution in [1.29, 1.82) is 0 Å². The summed E-state index contributed by atoms with van der Waals surface area (Å²) in [6, 6.07) is 10.8. The van der Waals surface area contributed by atoms with Crippen LogP contribution in [0.25, 0.3) is 0 Å². The van der Waals surface area contributed by atoms with E-state index in [9.17, 15) is 9.18 Å². The predicted molar refractivity (Wildman–Crippen MR) is 74.2 cm³/mol. The zero-order valence-electron chi connectivity index (χ0n) is 10.7. The van der Waals surface area contributed by atoms with Crippen LogP contribution in [0.1, 0.15) is 10.4 Å². The van der Waals surface area contributed by atoms with Gasteiger partial charge in [-0.3, -0.25) is 4.79 Å². The van der Waals surface area contributed by atoms with Crippen LogP contribution < -0.4 is 9.47 Å². The van der Waals surface area contributed by atoms with Crippen molar-refractivity contribution in [2.24, 2.45) is 0 Å². The average molecular weight is 295 g/mol.